The highest BCUT2D eigenvalue weighted by Crippen LogP contribution is 2.13. The van der Waals surface area contributed by atoms with Gasteiger partial charge in [-0.05, 0) is 39.2 Å². The Morgan fingerprint density at radius 3 is 2.59 bits per heavy atom. The summed E-state index contributed by atoms with van der Waals surface area (Å²) in [5.41, 5.74) is 0.590. The topological polar surface area (TPSA) is 62.5 Å². The second-order valence-electron chi connectivity index (χ2n) is 4.73. The van der Waals surface area contributed by atoms with Gasteiger partial charge in [0.2, 0.25) is 0 Å². The molecule has 0 saturated heterocycles. The van der Waals surface area contributed by atoms with E-state index in [0.717, 1.165) is 5.76 Å². The zero-order valence-electron chi connectivity index (χ0n) is 10.9. The van der Waals surface area contributed by atoms with Gasteiger partial charge in [-0.1, -0.05) is 6.92 Å². The monoisotopic (exact) mass is 239 g/mol. The molecule has 0 spiro atoms. The van der Waals surface area contributed by atoms with Crippen molar-refractivity contribution >= 4 is 5.91 Å². The number of aryl methyl sites for hydroxylation is 2. The first kappa shape index (κ1) is 13.8. The van der Waals surface area contributed by atoms with Gasteiger partial charge in [0.25, 0.3) is 5.91 Å². The Morgan fingerprint density at radius 1 is 1.47 bits per heavy atom. The average molecular weight is 239 g/mol. The molecule has 0 bridgehead atoms. The second-order valence-corrected chi connectivity index (χ2v) is 4.73. The first-order valence-electron chi connectivity index (χ1n) is 5.93. The van der Waals surface area contributed by atoms with E-state index in [2.05, 4.69) is 5.32 Å². The predicted octanol–water partition coefficient (Wildman–Crippen LogP) is 2.03. The number of aliphatic hydroxyl groups excluding tert-OH is 1. The van der Waals surface area contributed by atoms with E-state index >= 15 is 0 Å². The number of carbonyl (C=O) groups excluding carboxylic acids is 1. The van der Waals surface area contributed by atoms with Gasteiger partial charge >= 0.3 is 0 Å². The molecule has 1 rings (SSSR count). The highest BCUT2D eigenvalue weighted by Gasteiger charge is 2.14. The van der Waals surface area contributed by atoms with Gasteiger partial charge in [0.15, 0.2) is 0 Å². The van der Waals surface area contributed by atoms with Gasteiger partial charge in [-0.25, -0.2) is 0 Å². The summed E-state index contributed by atoms with van der Waals surface area (Å²) in [6.07, 6.45) is 0.351. The van der Waals surface area contributed by atoms with Crippen LogP contribution in [0.15, 0.2) is 10.5 Å². The number of carbonyl (C=O) groups is 1. The minimum Gasteiger partial charge on any atom is -0.466 e. The Balaban J connectivity index is 2.47. The lowest BCUT2D eigenvalue weighted by molar-refractivity contribution is 0.0938. The van der Waals surface area contributed by atoms with E-state index in [1.54, 1.807) is 19.9 Å². The summed E-state index contributed by atoms with van der Waals surface area (Å²) in [6, 6.07) is 1.74. The molecule has 2 atom stereocenters. The van der Waals surface area contributed by atoms with Crippen molar-refractivity contribution < 1.29 is 14.3 Å². The fourth-order valence-corrected chi connectivity index (χ4v) is 1.88. The van der Waals surface area contributed by atoms with Crippen LogP contribution in [0.25, 0.3) is 0 Å². The minimum atomic E-state index is -0.334. The van der Waals surface area contributed by atoms with E-state index < -0.39 is 0 Å². The van der Waals surface area contributed by atoms with Crippen molar-refractivity contribution in [3.63, 3.8) is 0 Å². The number of amides is 1. The van der Waals surface area contributed by atoms with Crippen LogP contribution in [0, 0.1) is 19.8 Å². The summed E-state index contributed by atoms with van der Waals surface area (Å²) in [7, 11) is 0. The summed E-state index contributed by atoms with van der Waals surface area (Å²) >= 11 is 0. The summed E-state index contributed by atoms with van der Waals surface area (Å²) in [5.74, 6) is 1.52. The lowest BCUT2D eigenvalue weighted by atomic mass is 10.0. The molecule has 1 aromatic rings. The fourth-order valence-electron chi connectivity index (χ4n) is 1.88. The summed E-state index contributed by atoms with van der Waals surface area (Å²) in [6.45, 7) is 7.91. The van der Waals surface area contributed by atoms with Crippen LogP contribution >= 0.6 is 0 Å². The van der Waals surface area contributed by atoms with Crippen molar-refractivity contribution in [3.05, 3.63) is 23.2 Å². The van der Waals surface area contributed by atoms with Gasteiger partial charge in [0, 0.05) is 6.54 Å². The van der Waals surface area contributed by atoms with Crippen molar-refractivity contribution in [1.82, 2.24) is 5.32 Å². The maximum Gasteiger partial charge on any atom is 0.254 e. The molecule has 0 fully saturated rings. The number of furan rings is 1. The highest BCUT2D eigenvalue weighted by atomic mass is 16.3. The van der Waals surface area contributed by atoms with E-state index in [9.17, 15) is 9.90 Å². The smallest absolute Gasteiger partial charge is 0.254 e. The first-order chi connectivity index (χ1) is 7.90. The Bertz CT molecular complexity index is 382. The first-order valence-corrected chi connectivity index (χ1v) is 5.93. The van der Waals surface area contributed by atoms with Crippen molar-refractivity contribution in [2.24, 2.45) is 5.92 Å². The molecule has 2 unspecified atom stereocenters. The lowest BCUT2D eigenvalue weighted by Crippen LogP contribution is -2.29. The normalized spacial score (nSPS) is 14.4. The van der Waals surface area contributed by atoms with Gasteiger partial charge in [-0.2, -0.15) is 0 Å². The second kappa shape index (κ2) is 5.87. The van der Waals surface area contributed by atoms with Crippen molar-refractivity contribution in [2.75, 3.05) is 6.54 Å². The van der Waals surface area contributed by atoms with Crippen molar-refractivity contribution in [2.45, 2.75) is 40.2 Å². The maximum atomic E-state index is 11.8. The molecular formula is C13H21NO3. The van der Waals surface area contributed by atoms with Gasteiger partial charge < -0.3 is 14.8 Å². The highest BCUT2D eigenvalue weighted by molar-refractivity contribution is 5.95. The van der Waals surface area contributed by atoms with E-state index in [4.69, 9.17) is 4.42 Å². The summed E-state index contributed by atoms with van der Waals surface area (Å²) in [4.78, 5) is 11.8. The number of hydrogen-bond donors (Lipinski definition) is 2. The van der Waals surface area contributed by atoms with E-state index in [-0.39, 0.29) is 17.9 Å². The Labute approximate surface area is 102 Å². The third kappa shape index (κ3) is 4.23. The molecular weight excluding hydrogens is 218 g/mol. The van der Waals surface area contributed by atoms with Crippen LogP contribution in [0.5, 0.6) is 0 Å². The van der Waals surface area contributed by atoms with Gasteiger partial charge in [-0.15, -0.1) is 0 Å². The molecule has 2 N–H and O–H groups in total. The van der Waals surface area contributed by atoms with Crippen LogP contribution in [0.1, 0.15) is 42.1 Å². The molecule has 0 aliphatic rings. The molecule has 4 heteroatoms. The van der Waals surface area contributed by atoms with E-state index in [0.29, 0.717) is 24.3 Å². The Kier molecular flexibility index (Phi) is 4.75. The molecule has 96 valence electrons. The zero-order valence-corrected chi connectivity index (χ0v) is 10.9. The number of rotatable bonds is 5. The zero-order chi connectivity index (χ0) is 13.0. The van der Waals surface area contributed by atoms with E-state index in [1.165, 1.54) is 0 Å². The Morgan fingerprint density at radius 2 is 2.12 bits per heavy atom. The van der Waals surface area contributed by atoms with Crippen LogP contribution in [-0.4, -0.2) is 23.7 Å². The number of aliphatic hydroxyl groups is 1. The summed E-state index contributed by atoms with van der Waals surface area (Å²) < 4.78 is 5.31. The Hall–Kier alpha value is -1.29. The van der Waals surface area contributed by atoms with Gasteiger partial charge in [0.05, 0.1) is 11.7 Å². The maximum absolute atomic E-state index is 11.8. The molecule has 1 amide bonds. The van der Waals surface area contributed by atoms with Crippen molar-refractivity contribution in [1.29, 1.82) is 0 Å². The van der Waals surface area contributed by atoms with Gasteiger partial charge in [0.1, 0.15) is 11.5 Å². The third-order valence-electron chi connectivity index (χ3n) is 2.64. The average Bonchev–Trinajstić information content (AvgIpc) is 2.53. The molecule has 1 aromatic heterocycles. The van der Waals surface area contributed by atoms with Crippen LogP contribution in [0.3, 0.4) is 0 Å². The van der Waals surface area contributed by atoms with Crippen LogP contribution in [0.2, 0.25) is 0 Å². The molecule has 0 saturated carbocycles. The molecule has 0 aliphatic heterocycles. The molecule has 17 heavy (non-hydrogen) atoms. The van der Waals surface area contributed by atoms with E-state index in [1.807, 2.05) is 13.8 Å². The molecule has 0 aliphatic carbocycles. The lowest BCUT2D eigenvalue weighted by Gasteiger charge is -2.13. The standard InChI is InChI=1S/C13H21NO3/c1-8(5-9(2)15)7-14-13(16)12-6-10(3)17-11(12)4/h6,8-9,15H,5,7H2,1-4H3,(H,14,16). The molecule has 0 radical (unpaired) electrons. The van der Waals surface area contributed by atoms with Crippen LogP contribution in [0.4, 0.5) is 0 Å². The SMILES string of the molecule is Cc1cc(C(=O)NCC(C)CC(C)O)c(C)o1. The molecule has 4 nitrogen and oxygen atoms in total. The fraction of sp³-hybridized carbons (Fsp3) is 0.615. The quantitative estimate of drug-likeness (QED) is 0.826. The van der Waals surface area contributed by atoms with Crippen molar-refractivity contribution in [3.8, 4) is 0 Å². The number of nitrogens with one attached hydrogen (secondary N) is 1. The van der Waals surface area contributed by atoms with Crippen LogP contribution in [-0.2, 0) is 0 Å². The van der Waals surface area contributed by atoms with Gasteiger partial charge in [-0.3, -0.25) is 4.79 Å². The molecule has 0 aromatic carbocycles. The third-order valence-corrected chi connectivity index (χ3v) is 2.64. The number of hydrogen-bond acceptors (Lipinski definition) is 3. The minimum absolute atomic E-state index is 0.114. The summed E-state index contributed by atoms with van der Waals surface area (Å²) in [5, 5.41) is 12.1. The van der Waals surface area contributed by atoms with Crippen LogP contribution < -0.4 is 5.32 Å². The predicted molar refractivity (Wildman–Crippen MR) is 66.0 cm³/mol. The largest absolute Gasteiger partial charge is 0.466 e. The molecule has 1 heterocycles.